The Bertz CT molecular complexity index is 1140. The zero-order chi connectivity index (χ0) is 20.5. The van der Waals surface area contributed by atoms with E-state index in [2.05, 4.69) is 0 Å². The molecule has 3 aromatic rings. The number of aryl methyl sites for hydroxylation is 1. The second-order valence-corrected chi connectivity index (χ2v) is 9.33. The van der Waals surface area contributed by atoms with E-state index in [9.17, 15) is 23.1 Å². The number of carboxylic acids is 1. The molecule has 2 aromatic carbocycles. The first kappa shape index (κ1) is 19.8. The molecule has 1 amide bonds. The van der Waals surface area contributed by atoms with Crippen molar-refractivity contribution in [2.75, 3.05) is 0 Å². The maximum Gasteiger partial charge on any atom is 0.346 e. The van der Waals surface area contributed by atoms with Crippen molar-refractivity contribution < 1.29 is 23.1 Å². The Morgan fingerprint density at radius 1 is 1.04 bits per heavy atom. The van der Waals surface area contributed by atoms with Gasteiger partial charge >= 0.3 is 5.97 Å². The number of hydrogen-bond acceptors (Lipinski definition) is 5. The van der Waals surface area contributed by atoms with Crippen molar-refractivity contribution >= 4 is 33.1 Å². The van der Waals surface area contributed by atoms with Crippen LogP contribution in [0.5, 0.6) is 0 Å². The number of sulfone groups is 1. The largest absolute Gasteiger partial charge is 0.477 e. The molecular formula is C20H17NO5S2. The van der Waals surface area contributed by atoms with E-state index in [0.717, 1.165) is 16.9 Å². The van der Waals surface area contributed by atoms with Gasteiger partial charge in [-0.15, -0.1) is 11.3 Å². The van der Waals surface area contributed by atoms with Crippen LogP contribution in [0.4, 0.5) is 0 Å². The highest BCUT2D eigenvalue weighted by atomic mass is 32.2. The fourth-order valence-corrected chi connectivity index (χ4v) is 5.16. The SMILES string of the molecule is Cc1ccc(S(=O)(=O)Cc2cc(-c3ccc(C(N)=O)cc3)sc2C(=O)O)cc1. The fourth-order valence-electron chi connectivity index (χ4n) is 2.69. The third-order valence-electron chi connectivity index (χ3n) is 4.18. The molecule has 3 N–H and O–H groups in total. The highest BCUT2D eigenvalue weighted by Crippen LogP contribution is 2.33. The summed E-state index contributed by atoms with van der Waals surface area (Å²) in [6.07, 6.45) is 0. The van der Waals surface area contributed by atoms with Gasteiger partial charge in [-0.25, -0.2) is 13.2 Å². The molecule has 0 spiro atoms. The van der Waals surface area contributed by atoms with Gasteiger partial charge in [-0.2, -0.15) is 0 Å². The third kappa shape index (κ3) is 4.13. The topological polar surface area (TPSA) is 115 Å². The van der Waals surface area contributed by atoms with Crippen molar-refractivity contribution in [3.63, 3.8) is 0 Å². The minimum atomic E-state index is -3.69. The number of rotatable bonds is 6. The summed E-state index contributed by atoms with van der Waals surface area (Å²) in [5.74, 6) is -2.15. The molecule has 0 atom stereocenters. The van der Waals surface area contributed by atoms with Crippen molar-refractivity contribution in [1.29, 1.82) is 0 Å². The number of aromatic carboxylic acids is 1. The molecule has 0 radical (unpaired) electrons. The van der Waals surface area contributed by atoms with Gasteiger partial charge in [0.05, 0.1) is 10.6 Å². The number of carbonyl (C=O) groups is 2. The van der Waals surface area contributed by atoms with E-state index >= 15 is 0 Å². The van der Waals surface area contributed by atoms with Gasteiger partial charge in [0, 0.05) is 10.4 Å². The first-order chi connectivity index (χ1) is 13.2. The van der Waals surface area contributed by atoms with Crippen molar-refractivity contribution in [1.82, 2.24) is 0 Å². The Morgan fingerprint density at radius 3 is 2.18 bits per heavy atom. The smallest absolute Gasteiger partial charge is 0.346 e. The average molecular weight is 415 g/mol. The molecule has 0 aliphatic heterocycles. The summed E-state index contributed by atoms with van der Waals surface area (Å²) in [7, 11) is -3.69. The lowest BCUT2D eigenvalue weighted by Gasteiger charge is -2.05. The zero-order valence-electron chi connectivity index (χ0n) is 14.9. The van der Waals surface area contributed by atoms with Crippen LogP contribution in [0.3, 0.4) is 0 Å². The molecule has 1 heterocycles. The van der Waals surface area contributed by atoms with E-state index in [-0.39, 0.29) is 15.3 Å². The normalized spacial score (nSPS) is 11.3. The molecule has 28 heavy (non-hydrogen) atoms. The number of primary amides is 1. The Morgan fingerprint density at radius 2 is 1.64 bits per heavy atom. The maximum absolute atomic E-state index is 12.7. The summed E-state index contributed by atoms with van der Waals surface area (Å²) in [4.78, 5) is 23.5. The van der Waals surface area contributed by atoms with Gasteiger partial charge in [0.1, 0.15) is 4.88 Å². The van der Waals surface area contributed by atoms with Crippen LogP contribution in [-0.4, -0.2) is 25.4 Å². The van der Waals surface area contributed by atoms with E-state index in [1.165, 1.54) is 12.1 Å². The lowest BCUT2D eigenvalue weighted by atomic mass is 10.1. The summed E-state index contributed by atoms with van der Waals surface area (Å²) in [5.41, 5.74) is 7.40. The summed E-state index contributed by atoms with van der Waals surface area (Å²) in [6, 6.07) is 14.4. The molecule has 144 valence electrons. The number of benzene rings is 2. The molecule has 0 bridgehead atoms. The monoisotopic (exact) mass is 415 g/mol. The van der Waals surface area contributed by atoms with Crippen LogP contribution >= 0.6 is 11.3 Å². The lowest BCUT2D eigenvalue weighted by molar-refractivity contribution is 0.0701. The summed E-state index contributed by atoms with van der Waals surface area (Å²) < 4.78 is 25.4. The molecule has 0 saturated carbocycles. The van der Waals surface area contributed by atoms with Crippen LogP contribution in [0.25, 0.3) is 10.4 Å². The van der Waals surface area contributed by atoms with Crippen molar-refractivity contribution in [3.8, 4) is 10.4 Å². The highest BCUT2D eigenvalue weighted by molar-refractivity contribution is 7.90. The van der Waals surface area contributed by atoms with Crippen LogP contribution in [0, 0.1) is 6.92 Å². The predicted molar refractivity (Wildman–Crippen MR) is 107 cm³/mol. The maximum atomic E-state index is 12.7. The average Bonchev–Trinajstić information content (AvgIpc) is 3.05. The van der Waals surface area contributed by atoms with E-state index in [1.807, 2.05) is 6.92 Å². The summed E-state index contributed by atoms with van der Waals surface area (Å²) in [6.45, 7) is 1.85. The van der Waals surface area contributed by atoms with Crippen molar-refractivity contribution in [2.24, 2.45) is 5.73 Å². The molecule has 0 unspecified atom stereocenters. The van der Waals surface area contributed by atoms with Crippen LogP contribution in [0.1, 0.15) is 31.2 Å². The van der Waals surface area contributed by atoms with Gasteiger partial charge in [0.2, 0.25) is 5.91 Å². The Kier molecular flexibility index (Phi) is 5.35. The molecule has 8 heteroatoms. The molecule has 6 nitrogen and oxygen atoms in total. The van der Waals surface area contributed by atoms with Crippen LogP contribution in [0.15, 0.2) is 59.5 Å². The minimum absolute atomic E-state index is 0.0235. The molecule has 0 aliphatic rings. The number of thiophene rings is 1. The molecule has 0 saturated heterocycles. The molecule has 0 fully saturated rings. The Labute approximate surface area is 166 Å². The standard InChI is InChI=1S/C20H17NO5S2/c1-12-2-8-16(9-3-12)28(25,26)11-15-10-17(27-18(15)20(23)24)13-4-6-14(7-5-13)19(21)22/h2-10H,11H2,1H3,(H2,21,22)(H,23,24). The first-order valence-electron chi connectivity index (χ1n) is 8.23. The summed E-state index contributed by atoms with van der Waals surface area (Å²) in [5, 5.41) is 9.50. The predicted octanol–water partition coefficient (Wildman–Crippen LogP) is 3.49. The number of carbonyl (C=O) groups excluding carboxylic acids is 1. The van der Waals surface area contributed by atoms with Gasteiger partial charge in [0.25, 0.3) is 0 Å². The van der Waals surface area contributed by atoms with Crippen LogP contribution in [0.2, 0.25) is 0 Å². The Balaban J connectivity index is 1.98. The van der Waals surface area contributed by atoms with Gasteiger partial charge in [-0.1, -0.05) is 29.8 Å². The minimum Gasteiger partial charge on any atom is -0.477 e. The molecule has 1 aromatic heterocycles. The van der Waals surface area contributed by atoms with Gasteiger partial charge in [-0.3, -0.25) is 4.79 Å². The van der Waals surface area contributed by atoms with Gasteiger partial charge < -0.3 is 10.8 Å². The second-order valence-electron chi connectivity index (χ2n) is 6.28. The highest BCUT2D eigenvalue weighted by Gasteiger charge is 2.23. The quantitative estimate of drug-likeness (QED) is 0.639. The number of nitrogens with two attached hydrogens (primary N) is 1. The zero-order valence-corrected chi connectivity index (χ0v) is 16.5. The van der Waals surface area contributed by atoms with Crippen LogP contribution in [-0.2, 0) is 15.6 Å². The first-order valence-corrected chi connectivity index (χ1v) is 10.7. The number of carboxylic acid groups (broad SMARTS) is 1. The van der Waals surface area contributed by atoms with Gasteiger partial charge in [-0.05, 0) is 48.4 Å². The third-order valence-corrected chi connectivity index (χ3v) is 7.08. The number of hydrogen-bond donors (Lipinski definition) is 2. The second kappa shape index (κ2) is 7.57. The van der Waals surface area contributed by atoms with Crippen molar-refractivity contribution in [3.05, 3.63) is 76.2 Å². The molecule has 0 aliphatic carbocycles. The summed E-state index contributed by atoms with van der Waals surface area (Å²) >= 11 is 0.993. The van der Waals surface area contributed by atoms with Crippen molar-refractivity contribution in [2.45, 2.75) is 17.6 Å². The van der Waals surface area contributed by atoms with E-state index < -0.39 is 27.5 Å². The van der Waals surface area contributed by atoms with Crippen LogP contribution < -0.4 is 5.73 Å². The lowest BCUT2D eigenvalue weighted by Crippen LogP contribution is -2.10. The number of amides is 1. The van der Waals surface area contributed by atoms with E-state index in [0.29, 0.717) is 16.0 Å². The fraction of sp³-hybridized carbons (Fsp3) is 0.100. The molecular weight excluding hydrogens is 398 g/mol. The Hall–Kier alpha value is -2.97. The van der Waals surface area contributed by atoms with Gasteiger partial charge in [0.15, 0.2) is 9.84 Å². The molecule has 3 rings (SSSR count). The van der Waals surface area contributed by atoms with E-state index in [1.54, 1.807) is 42.5 Å². The van der Waals surface area contributed by atoms with E-state index in [4.69, 9.17) is 5.73 Å².